The van der Waals surface area contributed by atoms with E-state index in [1.165, 1.54) is 0 Å². The topological polar surface area (TPSA) is 67.2 Å². The number of rotatable bonds is 4. The van der Waals surface area contributed by atoms with Gasteiger partial charge in [0.05, 0.1) is 17.6 Å². The number of nitrogens with one attached hydrogen (secondary N) is 1. The number of amides is 2. The van der Waals surface area contributed by atoms with Crippen molar-refractivity contribution < 1.29 is 9.59 Å². The van der Waals surface area contributed by atoms with Gasteiger partial charge in [0.15, 0.2) is 5.82 Å². The van der Waals surface area contributed by atoms with Gasteiger partial charge in [0.25, 0.3) is 5.91 Å². The van der Waals surface area contributed by atoms with Gasteiger partial charge >= 0.3 is 0 Å². The molecule has 160 valence electrons. The quantitative estimate of drug-likeness (QED) is 0.667. The lowest BCUT2D eigenvalue weighted by Crippen LogP contribution is -2.64. The van der Waals surface area contributed by atoms with Crippen LogP contribution < -0.4 is 5.32 Å². The third-order valence-electron chi connectivity index (χ3n) is 6.62. The van der Waals surface area contributed by atoms with Crippen LogP contribution >= 0.6 is 11.6 Å². The largest absolute Gasteiger partial charge is 0.351 e. The summed E-state index contributed by atoms with van der Waals surface area (Å²) < 4.78 is 1.88. The summed E-state index contributed by atoms with van der Waals surface area (Å²) in [5.74, 6) is -0.0194. The smallest absolute Gasteiger partial charge is 0.291 e. The molecule has 1 aliphatic heterocycles. The summed E-state index contributed by atoms with van der Waals surface area (Å²) in [6.45, 7) is 2.44. The molecule has 1 saturated carbocycles. The number of nitrogens with zero attached hydrogens (tertiary/aromatic N) is 3. The van der Waals surface area contributed by atoms with Gasteiger partial charge in [-0.1, -0.05) is 54.8 Å². The molecule has 7 heteroatoms. The van der Waals surface area contributed by atoms with Crippen molar-refractivity contribution in [3.8, 4) is 0 Å². The van der Waals surface area contributed by atoms with E-state index in [2.05, 4.69) is 10.3 Å². The Morgan fingerprint density at radius 2 is 1.87 bits per heavy atom. The number of fused-ring (bicyclic) bond motifs is 3. The molecule has 2 aliphatic rings. The van der Waals surface area contributed by atoms with Crippen LogP contribution in [0.25, 0.3) is 11.0 Å². The van der Waals surface area contributed by atoms with Crippen LogP contribution in [-0.4, -0.2) is 37.8 Å². The average molecular weight is 437 g/mol. The predicted molar refractivity (Wildman–Crippen MR) is 120 cm³/mol. The number of imidazole rings is 1. The maximum absolute atomic E-state index is 13.7. The predicted octanol–water partition coefficient (Wildman–Crippen LogP) is 4.16. The first kappa shape index (κ1) is 20.1. The Balaban J connectivity index is 1.58. The van der Waals surface area contributed by atoms with Crippen LogP contribution in [0.4, 0.5) is 0 Å². The maximum atomic E-state index is 13.7. The molecular weight excluding hydrogens is 412 g/mol. The van der Waals surface area contributed by atoms with Gasteiger partial charge in [0.2, 0.25) is 5.91 Å². The van der Waals surface area contributed by atoms with Crippen LogP contribution in [0.5, 0.6) is 0 Å². The molecular formula is C24H25ClN4O2. The molecule has 1 N–H and O–H groups in total. The van der Waals surface area contributed by atoms with Crippen molar-refractivity contribution >= 4 is 34.4 Å². The molecule has 0 bridgehead atoms. The fourth-order valence-electron chi connectivity index (χ4n) is 4.79. The molecule has 3 aromatic rings. The van der Waals surface area contributed by atoms with Gasteiger partial charge in [0, 0.05) is 17.6 Å². The zero-order valence-electron chi connectivity index (χ0n) is 17.5. The molecule has 2 amide bonds. The summed E-state index contributed by atoms with van der Waals surface area (Å²) in [7, 11) is 0. The van der Waals surface area contributed by atoms with Crippen LogP contribution in [0.3, 0.4) is 0 Å². The fourth-order valence-corrected chi connectivity index (χ4v) is 4.98. The molecule has 0 saturated heterocycles. The van der Waals surface area contributed by atoms with Crippen molar-refractivity contribution in [3.63, 3.8) is 0 Å². The Morgan fingerprint density at radius 3 is 2.65 bits per heavy atom. The third kappa shape index (κ3) is 3.39. The van der Waals surface area contributed by atoms with E-state index in [0.29, 0.717) is 17.4 Å². The van der Waals surface area contributed by atoms with Gasteiger partial charge < -0.3 is 14.8 Å². The molecule has 2 aromatic carbocycles. The summed E-state index contributed by atoms with van der Waals surface area (Å²) in [6, 6.07) is 15.3. The molecule has 0 unspecified atom stereocenters. The Hall–Kier alpha value is -2.86. The van der Waals surface area contributed by atoms with Gasteiger partial charge in [-0.3, -0.25) is 9.59 Å². The van der Waals surface area contributed by atoms with Gasteiger partial charge in [-0.25, -0.2) is 4.98 Å². The van der Waals surface area contributed by atoms with E-state index in [1.54, 1.807) is 11.0 Å². The summed E-state index contributed by atoms with van der Waals surface area (Å²) >= 11 is 6.41. The van der Waals surface area contributed by atoms with Crippen molar-refractivity contribution in [2.45, 2.75) is 57.3 Å². The highest BCUT2D eigenvalue weighted by atomic mass is 35.5. The molecule has 31 heavy (non-hydrogen) atoms. The second kappa shape index (κ2) is 7.68. The Bertz CT molecular complexity index is 1170. The maximum Gasteiger partial charge on any atom is 0.291 e. The minimum atomic E-state index is -1.06. The lowest BCUT2D eigenvalue weighted by molar-refractivity contribution is -0.133. The number of carbonyl (C=O) groups excluding carboxylic acids is 2. The summed E-state index contributed by atoms with van der Waals surface area (Å²) in [5, 5.41) is 3.79. The molecule has 2 heterocycles. The van der Waals surface area contributed by atoms with E-state index in [4.69, 9.17) is 11.6 Å². The van der Waals surface area contributed by atoms with Crippen molar-refractivity contribution in [2.24, 2.45) is 0 Å². The number of halogens is 1. The third-order valence-corrected chi connectivity index (χ3v) is 6.99. The van der Waals surface area contributed by atoms with Crippen molar-refractivity contribution in [1.82, 2.24) is 19.8 Å². The van der Waals surface area contributed by atoms with Crippen LogP contribution in [0, 0.1) is 0 Å². The van der Waals surface area contributed by atoms with Gasteiger partial charge in [-0.15, -0.1) is 0 Å². The van der Waals surface area contributed by atoms with E-state index in [1.807, 2.05) is 54.0 Å². The summed E-state index contributed by atoms with van der Waals surface area (Å²) in [5.41, 5.74) is 1.36. The Labute approximate surface area is 186 Å². The van der Waals surface area contributed by atoms with Gasteiger partial charge in [-0.05, 0) is 43.5 Å². The first-order chi connectivity index (χ1) is 15.0. The van der Waals surface area contributed by atoms with E-state index < -0.39 is 5.54 Å². The average Bonchev–Trinajstić information content (AvgIpc) is 3.40. The van der Waals surface area contributed by atoms with Crippen LogP contribution in [-0.2, 0) is 17.9 Å². The van der Waals surface area contributed by atoms with Crippen molar-refractivity contribution in [3.05, 3.63) is 64.9 Å². The minimum Gasteiger partial charge on any atom is -0.351 e. The number of para-hydroxylation sites is 2. The first-order valence-electron chi connectivity index (χ1n) is 10.8. The van der Waals surface area contributed by atoms with Crippen molar-refractivity contribution in [2.75, 3.05) is 0 Å². The summed E-state index contributed by atoms with van der Waals surface area (Å²) in [4.78, 5) is 33.5. The van der Waals surface area contributed by atoms with E-state index in [9.17, 15) is 9.59 Å². The number of hydrogen-bond acceptors (Lipinski definition) is 3. The highest BCUT2D eigenvalue weighted by molar-refractivity contribution is 6.31. The monoisotopic (exact) mass is 436 g/mol. The number of hydrogen-bond donors (Lipinski definition) is 1. The highest BCUT2D eigenvalue weighted by Crippen LogP contribution is 2.33. The second-order valence-corrected chi connectivity index (χ2v) is 9.13. The number of carbonyl (C=O) groups is 2. The minimum absolute atomic E-state index is 0.122. The fraction of sp³-hybridized carbons (Fsp3) is 0.375. The molecule has 1 aromatic heterocycles. The lowest BCUT2D eigenvalue weighted by Gasteiger charge is -2.44. The molecule has 6 nitrogen and oxygen atoms in total. The highest BCUT2D eigenvalue weighted by Gasteiger charge is 2.49. The number of benzene rings is 2. The van der Waals surface area contributed by atoms with Crippen LogP contribution in [0.2, 0.25) is 5.02 Å². The number of aromatic nitrogens is 2. The SMILES string of the molecule is C[C@]1(C(=O)NC2CCCC2)Cn2c(nc3ccccc32)C(=O)N1Cc1ccccc1Cl. The van der Waals surface area contributed by atoms with E-state index >= 15 is 0 Å². The van der Waals surface area contributed by atoms with E-state index in [-0.39, 0.29) is 24.4 Å². The van der Waals surface area contributed by atoms with Crippen molar-refractivity contribution in [1.29, 1.82) is 0 Å². The van der Waals surface area contributed by atoms with Crippen LogP contribution in [0.1, 0.15) is 48.8 Å². The molecule has 1 fully saturated rings. The van der Waals surface area contributed by atoms with Gasteiger partial charge in [-0.2, -0.15) is 0 Å². The summed E-state index contributed by atoms with van der Waals surface area (Å²) in [6.07, 6.45) is 4.22. The molecule has 0 radical (unpaired) electrons. The molecule has 1 aliphatic carbocycles. The zero-order valence-corrected chi connectivity index (χ0v) is 18.2. The lowest BCUT2D eigenvalue weighted by atomic mass is 9.93. The Kier molecular flexibility index (Phi) is 4.97. The first-order valence-corrected chi connectivity index (χ1v) is 11.2. The Morgan fingerprint density at radius 1 is 1.16 bits per heavy atom. The normalized spacial score (nSPS) is 21.5. The van der Waals surface area contributed by atoms with Crippen LogP contribution in [0.15, 0.2) is 48.5 Å². The van der Waals surface area contributed by atoms with Gasteiger partial charge in [0.1, 0.15) is 5.54 Å². The standard InChI is InChI=1S/C24H25ClN4O2/c1-24(23(31)26-17-9-3-4-10-17)15-28-20-13-7-6-12-19(20)27-21(28)22(30)29(24)14-16-8-2-5-11-18(16)25/h2,5-8,11-13,17H,3-4,9-10,14-15H2,1H3,(H,26,31)/t24-/m1/s1. The second-order valence-electron chi connectivity index (χ2n) is 8.72. The zero-order chi connectivity index (χ0) is 21.6. The van der Waals surface area contributed by atoms with E-state index in [0.717, 1.165) is 42.3 Å². The molecule has 0 spiro atoms. The molecule has 5 rings (SSSR count). The molecule has 1 atom stereocenters.